The Morgan fingerprint density at radius 3 is 2.44 bits per heavy atom. The number of para-hydroxylation sites is 2. The maximum Gasteiger partial charge on any atom is 0.244 e. The van der Waals surface area contributed by atoms with Crippen molar-refractivity contribution in [1.82, 2.24) is 9.29 Å². The van der Waals surface area contributed by atoms with Crippen LogP contribution in [-0.2, 0) is 14.8 Å². The molecule has 1 amide bonds. The van der Waals surface area contributed by atoms with Gasteiger partial charge in [-0.25, -0.2) is 8.42 Å². The SMILES string of the molecule is Cc1ccc(Oc2ccccc2NC(=O)C2CCN(S(=O)(=O)c3cccnc3)CC2)cc1. The zero-order chi connectivity index (χ0) is 22.6. The molecule has 0 unspecified atom stereocenters. The summed E-state index contributed by atoms with van der Waals surface area (Å²) in [4.78, 5) is 17.0. The lowest BCUT2D eigenvalue weighted by Crippen LogP contribution is -2.41. The van der Waals surface area contributed by atoms with Crippen LogP contribution in [0.5, 0.6) is 11.5 Å². The third kappa shape index (κ3) is 4.98. The number of amides is 1. The third-order valence-electron chi connectivity index (χ3n) is 5.49. The minimum Gasteiger partial charge on any atom is -0.455 e. The number of benzene rings is 2. The molecule has 1 fully saturated rings. The van der Waals surface area contributed by atoms with Gasteiger partial charge >= 0.3 is 0 Å². The molecule has 2 aromatic carbocycles. The number of ether oxygens (including phenoxy) is 1. The van der Waals surface area contributed by atoms with Crippen molar-refractivity contribution < 1.29 is 17.9 Å². The first-order chi connectivity index (χ1) is 15.4. The van der Waals surface area contributed by atoms with Crippen molar-refractivity contribution in [2.75, 3.05) is 18.4 Å². The van der Waals surface area contributed by atoms with Gasteiger partial charge in [0.05, 0.1) is 5.69 Å². The van der Waals surface area contributed by atoms with Gasteiger partial charge in [0.15, 0.2) is 5.75 Å². The number of nitrogens with zero attached hydrogens (tertiary/aromatic N) is 2. The molecule has 1 aromatic heterocycles. The predicted octanol–water partition coefficient (Wildman–Crippen LogP) is 4.22. The molecular weight excluding hydrogens is 426 g/mol. The van der Waals surface area contributed by atoms with Crippen molar-refractivity contribution in [2.24, 2.45) is 5.92 Å². The van der Waals surface area contributed by atoms with E-state index in [4.69, 9.17) is 4.74 Å². The molecule has 166 valence electrons. The van der Waals surface area contributed by atoms with Crippen LogP contribution in [0.2, 0.25) is 0 Å². The minimum atomic E-state index is -3.60. The van der Waals surface area contributed by atoms with E-state index in [1.165, 1.54) is 22.8 Å². The third-order valence-corrected chi connectivity index (χ3v) is 7.37. The Bertz CT molecular complexity index is 1170. The first kappa shape index (κ1) is 22.0. The van der Waals surface area contributed by atoms with E-state index in [0.29, 0.717) is 30.0 Å². The maximum atomic E-state index is 12.9. The minimum absolute atomic E-state index is 0.136. The smallest absolute Gasteiger partial charge is 0.244 e. The molecule has 0 spiro atoms. The number of carbonyl (C=O) groups excluding carboxylic acids is 1. The Morgan fingerprint density at radius 2 is 1.75 bits per heavy atom. The molecule has 0 atom stereocenters. The largest absolute Gasteiger partial charge is 0.455 e. The molecular formula is C24H25N3O4S. The molecule has 3 aromatic rings. The van der Waals surface area contributed by atoms with Crippen LogP contribution in [0.15, 0.2) is 78.0 Å². The molecule has 4 rings (SSSR count). The zero-order valence-corrected chi connectivity index (χ0v) is 18.6. The topological polar surface area (TPSA) is 88.6 Å². The van der Waals surface area contributed by atoms with Crippen molar-refractivity contribution in [1.29, 1.82) is 0 Å². The number of piperidine rings is 1. The standard InChI is InChI=1S/C24H25N3O4S/c1-18-8-10-20(11-9-18)31-23-7-3-2-6-22(23)26-24(28)19-12-15-27(16-13-19)32(29,30)21-5-4-14-25-17-21/h2-11,14,17,19H,12-13,15-16H2,1H3,(H,26,28). The lowest BCUT2D eigenvalue weighted by atomic mass is 9.97. The van der Waals surface area contributed by atoms with Gasteiger partial charge in [-0.3, -0.25) is 9.78 Å². The number of aryl methyl sites for hydroxylation is 1. The van der Waals surface area contributed by atoms with Crippen LogP contribution in [0.25, 0.3) is 0 Å². The van der Waals surface area contributed by atoms with Gasteiger partial charge in [0.2, 0.25) is 15.9 Å². The molecule has 0 saturated carbocycles. The number of anilines is 1. The molecule has 1 saturated heterocycles. The van der Waals surface area contributed by atoms with E-state index in [2.05, 4.69) is 10.3 Å². The van der Waals surface area contributed by atoms with E-state index in [-0.39, 0.29) is 29.8 Å². The summed E-state index contributed by atoms with van der Waals surface area (Å²) in [5, 5.41) is 2.96. The average Bonchev–Trinajstić information content (AvgIpc) is 2.82. The molecule has 0 radical (unpaired) electrons. The quantitative estimate of drug-likeness (QED) is 0.606. The highest BCUT2D eigenvalue weighted by molar-refractivity contribution is 7.89. The van der Waals surface area contributed by atoms with Crippen molar-refractivity contribution in [3.63, 3.8) is 0 Å². The van der Waals surface area contributed by atoms with E-state index in [9.17, 15) is 13.2 Å². The summed E-state index contributed by atoms with van der Waals surface area (Å²) in [5.41, 5.74) is 1.72. The molecule has 1 aliphatic heterocycles. The van der Waals surface area contributed by atoms with E-state index >= 15 is 0 Å². The lowest BCUT2D eigenvalue weighted by Gasteiger charge is -2.30. The van der Waals surface area contributed by atoms with Gasteiger partial charge in [-0.2, -0.15) is 4.31 Å². The fourth-order valence-electron chi connectivity index (χ4n) is 3.63. The van der Waals surface area contributed by atoms with Gasteiger partial charge in [-0.05, 0) is 56.2 Å². The number of pyridine rings is 1. The monoisotopic (exact) mass is 451 g/mol. The summed E-state index contributed by atoms with van der Waals surface area (Å²) in [6, 6.07) is 18.1. The first-order valence-electron chi connectivity index (χ1n) is 10.5. The Kier molecular flexibility index (Phi) is 6.53. The second-order valence-corrected chi connectivity index (χ2v) is 9.71. The van der Waals surface area contributed by atoms with Crippen LogP contribution >= 0.6 is 0 Å². The molecule has 1 N–H and O–H groups in total. The Balaban J connectivity index is 1.39. The van der Waals surface area contributed by atoms with Crippen LogP contribution < -0.4 is 10.1 Å². The molecule has 32 heavy (non-hydrogen) atoms. The van der Waals surface area contributed by atoms with Gasteiger partial charge in [0, 0.05) is 31.4 Å². The van der Waals surface area contributed by atoms with Gasteiger partial charge < -0.3 is 10.1 Å². The van der Waals surface area contributed by atoms with E-state index < -0.39 is 10.0 Å². The van der Waals surface area contributed by atoms with Crippen LogP contribution in [0.1, 0.15) is 18.4 Å². The number of rotatable bonds is 6. The highest BCUT2D eigenvalue weighted by Crippen LogP contribution is 2.31. The Morgan fingerprint density at radius 1 is 1.03 bits per heavy atom. The van der Waals surface area contributed by atoms with E-state index in [1.54, 1.807) is 18.2 Å². The summed E-state index contributed by atoms with van der Waals surface area (Å²) >= 11 is 0. The zero-order valence-electron chi connectivity index (χ0n) is 17.8. The maximum absolute atomic E-state index is 12.9. The Hall–Kier alpha value is -3.23. The van der Waals surface area contributed by atoms with Crippen molar-refractivity contribution in [3.05, 3.63) is 78.6 Å². The van der Waals surface area contributed by atoms with Crippen LogP contribution in [-0.4, -0.2) is 36.7 Å². The highest BCUT2D eigenvalue weighted by atomic mass is 32.2. The summed E-state index contributed by atoms with van der Waals surface area (Å²) in [6.45, 7) is 2.58. The number of sulfonamides is 1. The van der Waals surface area contributed by atoms with Crippen LogP contribution in [0.4, 0.5) is 5.69 Å². The normalized spacial score (nSPS) is 15.3. The van der Waals surface area contributed by atoms with Gasteiger partial charge in [-0.1, -0.05) is 29.8 Å². The highest BCUT2D eigenvalue weighted by Gasteiger charge is 2.32. The number of hydrogen-bond donors (Lipinski definition) is 1. The summed E-state index contributed by atoms with van der Waals surface area (Å²) in [5.74, 6) is 0.832. The fourth-order valence-corrected chi connectivity index (χ4v) is 5.07. The van der Waals surface area contributed by atoms with Crippen molar-refractivity contribution in [3.8, 4) is 11.5 Å². The summed E-state index contributed by atoms with van der Waals surface area (Å²) in [6.07, 6.45) is 3.79. The van der Waals surface area contributed by atoms with Gasteiger partial charge in [-0.15, -0.1) is 0 Å². The number of nitrogens with one attached hydrogen (secondary N) is 1. The molecule has 7 nitrogen and oxygen atoms in total. The van der Waals surface area contributed by atoms with E-state index in [0.717, 1.165) is 5.56 Å². The lowest BCUT2D eigenvalue weighted by molar-refractivity contribution is -0.120. The molecule has 0 aliphatic carbocycles. The number of aromatic nitrogens is 1. The Labute approximate surface area is 188 Å². The summed E-state index contributed by atoms with van der Waals surface area (Å²) < 4.78 is 32.9. The number of carbonyl (C=O) groups is 1. The first-order valence-corrected chi connectivity index (χ1v) is 11.9. The van der Waals surface area contributed by atoms with Crippen LogP contribution in [0.3, 0.4) is 0 Å². The van der Waals surface area contributed by atoms with Gasteiger partial charge in [0.1, 0.15) is 10.6 Å². The fraction of sp³-hybridized carbons (Fsp3) is 0.250. The average molecular weight is 452 g/mol. The second kappa shape index (κ2) is 9.50. The van der Waals surface area contributed by atoms with Crippen LogP contribution in [0, 0.1) is 12.8 Å². The van der Waals surface area contributed by atoms with Crippen molar-refractivity contribution >= 4 is 21.6 Å². The number of hydrogen-bond acceptors (Lipinski definition) is 5. The van der Waals surface area contributed by atoms with Gasteiger partial charge in [0.25, 0.3) is 0 Å². The van der Waals surface area contributed by atoms with Crippen molar-refractivity contribution in [2.45, 2.75) is 24.7 Å². The molecule has 1 aliphatic rings. The second-order valence-electron chi connectivity index (χ2n) is 7.77. The summed E-state index contributed by atoms with van der Waals surface area (Å²) in [7, 11) is -3.60. The molecule has 0 bridgehead atoms. The molecule has 2 heterocycles. The van der Waals surface area contributed by atoms with E-state index in [1.807, 2.05) is 43.3 Å². The predicted molar refractivity (Wildman–Crippen MR) is 122 cm³/mol. The molecule has 8 heteroatoms.